The third-order valence-corrected chi connectivity index (χ3v) is 3.01. The molecule has 0 spiro atoms. The highest BCUT2D eigenvalue weighted by molar-refractivity contribution is 7.99. The van der Waals surface area contributed by atoms with Gasteiger partial charge in [0, 0.05) is 10.6 Å². The van der Waals surface area contributed by atoms with E-state index in [-0.39, 0.29) is 12.5 Å². The molecular formula is C11H16N2OS. The van der Waals surface area contributed by atoms with Gasteiger partial charge < -0.3 is 11.1 Å². The minimum Gasteiger partial charge on any atom is -0.325 e. The number of nitrogens with two attached hydrogens (primary N) is 1. The standard InChI is InChI=1S/C11H16N2OS/c1-2-7-15-10-5-3-9(4-6-10)13-11(14)8-12/h3-6H,2,7-8,12H2,1H3,(H,13,14). The molecule has 3 N–H and O–H groups in total. The van der Waals surface area contributed by atoms with Gasteiger partial charge in [-0.1, -0.05) is 6.92 Å². The van der Waals surface area contributed by atoms with E-state index in [0.717, 1.165) is 17.9 Å². The molecule has 4 heteroatoms. The van der Waals surface area contributed by atoms with Crippen molar-refractivity contribution in [1.29, 1.82) is 0 Å². The number of thioether (sulfide) groups is 1. The minimum absolute atomic E-state index is 0.0202. The zero-order chi connectivity index (χ0) is 11.1. The second-order valence-corrected chi connectivity index (χ2v) is 4.29. The number of benzene rings is 1. The first-order valence-corrected chi connectivity index (χ1v) is 5.97. The molecule has 0 fully saturated rings. The van der Waals surface area contributed by atoms with Gasteiger partial charge in [0.2, 0.25) is 5.91 Å². The van der Waals surface area contributed by atoms with Gasteiger partial charge in [-0.05, 0) is 36.4 Å². The number of amides is 1. The van der Waals surface area contributed by atoms with E-state index in [1.807, 2.05) is 36.0 Å². The molecule has 0 aliphatic carbocycles. The Kier molecular flexibility index (Phi) is 5.21. The van der Waals surface area contributed by atoms with E-state index >= 15 is 0 Å². The highest BCUT2D eigenvalue weighted by Crippen LogP contribution is 2.20. The number of rotatable bonds is 5. The van der Waals surface area contributed by atoms with Crippen LogP contribution in [0.5, 0.6) is 0 Å². The van der Waals surface area contributed by atoms with Gasteiger partial charge in [0.1, 0.15) is 0 Å². The molecule has 0 aliphatic heterocycles. The van der Waals surface area contributed by atoms with Crippen LogP contribution in [0.15, 0.2) is 29.2 Å². The minimum atomic E-state index is -0.163. The van der Waals surface area contributed by atoms with Crippen LogP contribution in [0, 0.1) is 0 Å². The molecule has 0 atom stereocenters. The van der Waals surface area contributed by atoms with Gasteiger partial charge in [-0.25, -0.2) is 0 Å². The van der Waals surface area contributed by atoms with Crippen molar-refractivity contribution in [3.05, 3.63) is 24.3 Å². The smallest absolute Gasteiger partial charge is 0.238 e. The van der Waals surface area contributed by atoms with E-state index in [0.29, 0.717) is 0 Å². The van der Waals surface area contributed by atoms with Crippen molar-refractivity contribution < 1.29 is 4.79 Å². The van der Waals surface area contributed by atoms with Crippen molar-refractivity contribution in [3.8, 4) is 0 Å². The average molecular weight is 224 g/mol. The summed E-state index contributed by atoms with van der Waals surface area (Å²) in [5.41, 5.74) is 6.00. The maximum atomic E-state index is 11.0. The van der Waals surface area contributed by atoms with E-state index in [1.54, 1.807) is 0 Å². The lowest BCUT2D eigenvalue weighted by Crippen LogP contribution is -2.21. The van der Waals surface area contributed by atoms with Crippen molar-refractivity contribution in [2.45, 2.75) is 18.2 Å². The lowest BCUT2D eigenvalue weighted by Gasteiger charge is -2.04. The Morgan fingerprint density at radius 1 is 1.40 bits per heavy atom. The first-order valence-electron chi connectivity index (χ1n) is 4.99. The fourth-order valence-electron chi connectivity index (χ4n) is 1.07. The molecule has 1 rings (SSSR count). The molecule has 0 unspecified atom stereocenters. The van der Waals surface area contributed by atoms with Crippen LogP contribution in [0.25, 0.3) is 0 Å². The van der Waals surface area contributed by atoms with Crippen LogP contribution in [0.4, 0.5) is 5.69 Å². The summed E-state index contributed by atoms with van der Waals surface area (Å²) in [6.07, 6.45) is 1.16. The van der Waals surface area contributed by atoms with Crippen LogP contribution in [0.1, 0.15) is 13.3 Å². The number of hydrogen-bond donors (Lipinski definition) is 2. The predicted molar refractivity (Wildman–Crippen MR) is 65.1 cm³/mol. The second-order valence-electron chi connectivity index (χ2n) is 3.13. The van der Waals surface area contributed by atoms with E-state index in [9.17, 15) is 4.79 Å². The number of nitrogens with one attached hydrogen (secondary N) is 1. The quantitative estimate of drug-likeness (QED) is 0.753. The topological polar surface area (TPSA) is 55.1 Å². The summed E-state index contributed by atoms with van der Waals surface area (Å²) in [5.74, 6) is 0.957. The molecule has 0 heterocycles. The Balaban J connectivity index is 2.52. The molecule has 15 heavy (non-hydrogen) atoms. The molecule has 1 aromatic rings. The monoisotopic (exact) mass is 224 g/mol. The first-order chi connectivity index (χ1) is 7.26. The zero-order valence-corrected chi connectivity index (χ0v) is 9.64. The molecule has 1 amide bonds. The molecule has 1 aromatic carbocycles. The molecule has 0 aromatic heterocycles. The average Bonchev–Trinajstić information content (AvgIpc) is 2.28. The Bertz CT molecular complexity index is 311. The van der Waals surface area contributed by atoms with E-state index in [2.05, 4.69) is 12.2 Å². The van der Waals surface area contributed by atoms with Gasteiger partial charge in [-0.15, -0.1) is 11.8 Å². The third kappa shape index (κ3) is 4.36. The van der Waals surface area contributed by atoms with Crippen LogP contribution in [-0.4, -0.2) is 18.2 Å². The molecule has 3 nitrogen and oxygen atoms in total. The molecular weight excluding hydrogens is 208 g/mol. The van der Waals surface area contributed by atoms with E-state index < -0.39 is 0 Å². The van der Waals surface area contributed by atoms with Crippen LogP contribution in [0.2, 0.25) is 0 Å². The number of carbonyl (C=O) groups is 1. The summed E-state index contributed by atoms with van der Waals surface area (Å²) in [6.45, 7) is 2.18. The first kappa shape index (κ1) is 12.1. The Hall–Kier alpha value is -1.00. The third-order valence-electron chi connectivity index (χ3n) is 1.80. The van der Waals surface area contributed by atoms with E-state index in [4.69, 9.17) is 5.73 Å². The van der Waals surface area contributed by atoms with Gasteiger partial charge in [0.05, 0.1) is 6.54 Å². The molecule has 0 radical (unpaired) electrons. The van der Waals surface area contributed by atoms with Crippen molar-refractivity contribution >= 4 is 23.4 Å². The Morgan fingerprint density at radius 3 is 2.60 bits per heavy atom. The Morgan fingerprint density at radius 2 is 2.07 bits per heavy atom. The summed E-state index contributed by atoms with van der Waals surface area (Å²) in [4.78, 5) is 12.2. The summed E-state index contributed by atoms with van der Waals surface area (Å²) in [7, 11) is 0. The zero-order valence-electron chi connectivity index (χ0n) is 8.82. The lowest BCUT2D eigenvalue weighted by atomic mass is 10.3. The van der Waals surface area contributed by atoms with Crippen molar-refractivity contribution in [3.63, 3.8) is 0 Å². The normalized spacial score (nSPS) is 10.0. The van der Waals surface area contributed by atoms with Crippen molar-refractivity contribution in [2.75, 3.05) is 17.6 Å². The maximum Gasteiger partial charge on any atom is 0.238 e. The molecule has 0 saturated heterocycles. The van der Waals surface area contributed by atoms with E-state index in [1.165, 1.54) is 4.90 Å². The SMILES string of the molecule is CCCSc1ccc(NC(=O)CN)cc1. The fourth-order valence-corrected chi connectivity index (χ4v) is 1.83. The molecule has 82 valence electrons. The molecule has 0 bridgehead atoms. The summed E-state index contributed by atoms with van der Waals surface area (Å²) in [5, 5.41) is 2.70. The van der Waals surface area contributed by atoms with Crippen molar-refractivity contribution in [1.82, 2.24) is 0 Å². The molecule has 0 aliphatic rings. The summed E-state index contributed by atoms with van der Waals surface area (Å²) in [6, 6.07) is 7.80. The van der Waals surface area contributed by atoms with Crippen LogP contribution in [-0.2, 0) is 4.79 Å². The second kappa shape index (κ2) is 6.48. The number of anilines is 1. The van der Waals surface area contributed by atoms with Crippen LogP contribution in [0.3, 0.4) is 0 Å². The summed E-state index contributed by atoms with van der Waals surface area (Å²) < 4.78 is 0. The lowest BCUT2D eigenvalue weighted by molar-refractivity contribution is -0.114. The number of carbonyl (C=O) groups excluding carboxylic acids is 1. The molecule has 0 saturated carbocycles. The largest absolute Gasteiger partial charge is 0.325 e. The van der Waals surface area contributed by atoms with Gasteiger partial charge in [-0.3, -0.25) is 4.79 Å². The fraction of sp³-hybridized carbons (Fsp3) is 0.364. The number of hydrogen-bond acceptors (Lipinski definition) is 3. The van der Waals surface area contributed by atoms with Gasteiger partial charge in [-0.2, -0.15) is 0 Å². The maximum absolute atomic E-state index is 11.0. The van der Waals surface area contributed by atoms with Gasteiger partial charge in [0.15, 0.2) is 0 Å². The Labute approximate surface area is 94.4 Å². The highest BCUT2D eigenvalue weighted by atomic mass is 32.2. The van der Waals surface area contributed by atoms with Gasteiger partial charge in [0.25, 0.3) is 0 Å². The highest BCUT2D eigenvalue weighted by Gasteiger charge is 1.98. The summed E-state index contributed by atoms with van der Waals surface area (Å²) >= 11 is 1.82. The van der Waals surface area contributed by atoms with Crippen LogP contribution < -0.4 is 11.1 Å². The van der Waals surface area contributed by atoms with Crippen molar-refractivity contribution in [2.24, 2.45) is 5.73 Å². The van der Waals surface area contributed by atoms with Crippen LogP contribution >= 0.6 is 11.8 Å². The predicted octanol–water partition coefficient (Wildman–Crippen LogP) is 2.09. The van der Waals surface area contributed by atoms with Gasteiger partial charge >= 0.3 is 0 Å².